The summed E-state index contributed by atoms with van der Waals surface area (Å²) >= 11 is 13.9. The quantitative estimate of drug-likeness (QED) is 0.0954. The van der Waals surface area contributed by atoms with Crippen LogP contribution in [-0.2, 0) is 0 Å². The summed E-state index contributed by atoms with van der Waals surface area (Å²) in [5, 5.41) is 0.128. The summed E-state index contributed by atoms with van der Waals surface area (Å²) in [6, 6.07) is 24.5. The molecular weight excluding hydrogens is 807 g/mol. The monoisotopic (exact) mass is 834 g/mol. The van der Waals surface area contributed by atoms with Crippen molar-refractivity contribution in [1.82, 2.24) is 0 Å². The largest absolute Gasteiger partial charge is 0.497 e. The van der Waals surface area contributed by atoms with Gasteiger partial charge in [-0.05, 0) is 72.8 Å². The number of esters is 3. The summed E-state index contributed by atoms with van der Waals surface area (Å²) in [5.41, 5.74) is 1.03. The molecule has 0 amide bonds. The molecule has 2 aliphatic rings. The molecule has 0 radical (unpaired) electrons. The van der Waals surface area contributed by atoms with Crippen LogP contribution in [0, 0.1) is 0 Å². The van der Waals surface area contributed by atoms with Gasteiger partial charge in [0, 0.05) is 24.3 Å². The van der Waals surface area contributed by atoms with E-state index in [0.29, 0.717) is 17.2 Å². The molecule has 0 N–H and O–H groups in total. The zero-order valence-electron chi connectivity index (χ0n) is 31.3. The van der Waals surface area contributed by atoms with E-state index >= 15 is 0 Å². The number of hydrogen-bond donors (Lipinski definition) is 0. The van der Waals surface area contributed by atoms with Crippen LogP contribution in [0.15, 0.2) is 107 Å². The van der Waals surface area contributed by atoms with E-state index in [4.69, 9.17) is 75.8 Å². The van der Waals surface area contributed by atoms with Crippen molar-refractivity contribution in [2.75, 3.05) is 28.4 Å². The molecule has 2 aliphatic heterocycles. The molecule has 14 nitrogen and oxygen atoms in total. The Morgan fingerprint density at radius 1 is 0.458 bits per heavy atom. The van der Waals surface area contributed by atoms with E-state index < -0.39 is 17.9 Å². The first-order valence-electron chi connectivity index (χ1n) is 17.4. The van der Waals surface area contributed by atoms with Gasteiger partial charge in [-0.1, -0.05) is 23.2 Å². The molecule has 59 heavy (non-hydrogen) atoms. The Bertz CT molecular complexity index is 2810. The molecule has 296 valence electrons. The van der Waals surface area contributed by atoms with E-state index in [1.165, 1.54) is 77.0 Å². The Hall–Kier alpha value is -7.29. The second-order valence-electron chi connectivity index (χ2n) is 12.5. The molecule has 16 heteroatoms. The lowest BCUT2D eigenvalue weighted by Crippen LogP contribution is -2.22. The molecule has 0 atom stereocenters. The van der Waals surface area contributed by atoms with Gasteiger partial charge in [0.05, 0.1) is 45.1 Å². The van der Waals surface area contributed by atoms with Crippen LogP contribution in [-0.4, -0.2) is 46.3 Å². The lowest BCUT2D eigenvalue weighted by atomic mass is 10.1. The van der Waals surface area contributed by atoms with Crippen molar-refractivity contribution in [1.29, 1.82) is 0 Å². The number of rotatable bonds is 10. The van der Waals surface area contributed by atoms with E-state index in [2.05, 4.69) is 0 Å². The van der Waals surface area contributed by atoms with Gasteiger partial charge in [0.1, 0.15) is 49.4 Å². The number of benzene rings is 6. The standard InChI is InChI=1S/C43H28Cl2N2O12/c1-51-24-11-5-21(6-12-24)41(48)57-32-17-27-29(19-31(32)54-4)55-39-35(44)38-40(36(45)37(39)46-27)56-30-20-34(59-43(50)23-9-15-26(53-3)16-10-23)33(18-28(30)47-38)58-42(49)22-7-13-25(52-2)14-8-22/h5-20H,1-4H3. The number of methoxy groups -OCH3 is 4. The maximum absolute atomic E-state index is 13.4. The molecule has 0 saturated carbocycles. The number of fused-ring (bicyclic) bond motifs is 4. The molecule has 0 spiro atoms. The smallest absolute Gasteiger partial charge is 0.343 e. The summed E-state index contributed by atoms with van der Waals surface area (Å²) in [4.78, 5) is 49.1. The summed E-state index contributed by atoms with van der Waals surface area (Å²) < 4.78 is 50.7. The zero-order chi connectivity index (χ0) is 41.4. The van der Waals surface area contributed by atoms with Crippen molar-refractivity contribution >= 4 is 52.5 Å². The second kappa shape index (κ2) is 15.9. The van der Waals surface area contributed by atoms with E-state index in [0.717, 1.165) is 0 Å². The number of nitrogens with zero attached hydrogens (tertiary/aromatic N) is 2. The number of carbonyl (C=O) groups is 3. The van der Waals surface area contributed by atoms with Gasteiger partial charge in [-0.2, -0.15) is 0 Å². The first kappa shape index (κ1) is 38.6. The molecular formula is C43H28Cl2N2O12. The minimum absolute atomic E-state index is 0.00814. The number of carbonyl (C=O) groups excluding carboxylic acids is 3. The van der Waals surface area contributed by atoms with Gasteiger partial charge < -0.3 is 42.6 Å². The highest BCUT2D eigenvalue weighted by atomic mass is 35.5. The van der Waals surface area contributed by atoms with Crippen molar-refractivity contribution in [3.63, 3.8) is 0 Å². The van der Waals surface area contributed by atoms with Gasteiger partial charge in [0.2, 0.25) is 0 Å². The van der Waals surface area contributed by atoms with Crippen LogP contribution in [0.2, 0.25) is 10.0 Å². The Labute approximate surface area is 344 Å². The van der Waals surface area contributed by atoms with E-state index in [9.17, 15) is 14.4 Å². The Morgan fingerprint density at radius 3 is 1.12 bits per heavy atom. The van der Waals surface area contributed by atoms with Crippen LogP contribution >= 0.6 is 23.2 Å². The first-order chi connectivity index (χ1) is 28.6. The first-order valence-corrected chi connectivity index (χ1v) is 18.2. The van der Waals surface area contributed by atoms with Crippen molar-refractivity contribution < 1.29 is 57.0 Å². The number of hydrogen-bond acceptors (Lipinski definition) is 14. The highest BCUT2D eigenvalue weighted by Gasteiger charge is 2.30. The fourth-order valence-corrected chi connectivity index (χ4v) is 6.44. The molecule has 6 aromatic carbocycles. The minimum atomic E-state index is -0.766. The maximum Gasteiger partial charge on any atom is 0.343 e. The number of ether oxygens (including phenoxy) is 9. The van der Waals surface area contributed by atoms with Crippen molar-refractivity contribution in [3.05, 3.63) is 135 Å². The molecule has 0 aromatic heterocycles. The third-order valence-electron chi connectivity index (χ3n) is 8.99. The molecule has 2 heterocycles. The Morgan fingerprint density at radius 2 is 0.780 bits per heavy atom. The third-order valence-corrected chi connectivity index (χ3v) is 9.69. The highest BCUT2D eigenvalue weighted by Crippen LogP contribution is 2.48. The normalized spacial score (nSPS) is 11.6. The zero-order valence-corrected chi connectivity index (χ0v) is 32.8. The summed E-state index contributed by atoms with van der Waals surface area (Å²) in [6.45, 7) is 0. The van der Waals surface area contributed by atoms with Gasteiger partial charge in [0.25, 0.3) is 0 Å². The molecule has 0 fully saturated rings. The van der Waals surface area contributed by atoms with E-state index in [-0.39, 0.29) is 94.8 Å². The second-order valence-corrected chi connectivity index (χ2v) is 13.3. The third kappa shape index (κ3) is 7.49. The van der Waals surface area contributed by atoms with Crippen molar-refractivity contribution in [2.24, 2.45) is 9.98 Å². The molecule has 0 saturated heterocycles. The summed E-state index contributed by atoms with van der Waals surface area (Å²) in [5.74, 6) is -0.277. The van der Waals surface area contributed by atoms with Crippen LogP contribution in [0.5, 0.6) is 63.2 Å². The van der Waals surface area contributed by atoms with Crippen molar-refractivity contribution in [3.8, 4) is 63.2 Å². The highest BCUT2D eigenvalue weighted by molar-refractivity contribution is 6.35. The van der Waals surface area contributed by atoms with Crippen LogP contribution in [0.4, 0.5) is 11.4 Å². The summed E-state index contributed by atoms with van der Waals surface area (Å²) in [6.07, 6.45) is 0. The Balaban J connectivity index is 1.17. The number of halogens is 2. The predicted octanol–water partition coefficient (Wildman–Crippen LogP) is 8.80. The average molecular weight is 836 g/mol. The van der Waals surface area contributed by atoms with Gasteiger partial charge >= 0.3 is 17.9 Å². The maximum atomic E-state index is 13.4. The lowest BCUT2D eigenvalue weighted by Gasteiger charge is -2.22. The fourth-order valence-electron chi connectivity index (χ4n) is 5.92. The summed E-state index contributed by atoms with van der Waals surface area (Å²) in [7, 11) is 5.93. The topological polar surface area (TPSA) is 159 Å². The fraction of sp³-hybridized carbons (Fsp3) is 0.0930. The minimum Gasteiger partial charge on any atom is -0.497 e. The average Bonchev–Trinajstić information content (AvgIpc) is 3.27. The van der Waals surface area contributed by atoms with Gasteiger partial charge in [-0.15, -0.1) is 0 Å². The molecule has 8 rings (SSSR count). The molecule has 0 aliphatic carbocycles. The van der Waals surface area contributed by atoms with Crippen LogP contribution in [0.25, 0.3) is 0 Å². The molecule has 6 aromatic rings. The lowest BCUT2D eigenvalue weighted by molar-refractivity contribution is 0.0682. The van der Waals surface area contributed by atoms with Crippen LogP contribution in [0.3, 0.4) is 0 Å². The SMILES string of the molecule is COc1ccc(C(=O)Oc2cc3c(cc2OC)Oc2c(Cl)c4c(c(Cl)c2=N3)Oc2cc(OC(=O)c3ccc(OC)cc3)c(OC(=O)c3ccc(OC)cc3)cc2N=4)cc1. The van der Waals surface area contributed by atoms with Crippen LogP contribution < -0.4 is 53.3 Å². The van der Waals surface area contributed by atoms with E-state index in [1.54, 1.807) is 48.5 Å². The Kier molecular flexibility index (Phi) is 10.4. The predicted molar refractivity (Wildman–Crippen MR) is 212 cm³/mol. The molecule has 0 bridgehead atoms. The van der Waals surface area contributed by atoms with Crippen molar-refractivity contribution in [2.45, 2.75) is 0 Å². The van der Waals surface area contributed by atoms with Gasteiger partial charge in [-0.25, -0.2) is 24.4 Å². The van der Waals surface area contributed by atoms with Gasteiger partial charge in [0.15, 0.2) is 46.0 Å². The van der Waals surface area contributed by atoms with Crippen LogP contribution in [0.1, 0.15) is 31.1 Å². The van der Waals surface area contributed by atoms with E-state index in [1.807, 2.05) is 0 Å². The molecule has 0 unspecified atom stereocenters. The van der Waals surface area contributed by atoms with Gasteiger partial charge in [-0.3, -0.25) is 0 Å².